The number of benzene rings is 1. The Labute approximate surface area is 113 Å². The third kappa shape index (κ3) is 3.75. The topological polar surface area (TPSA) is 46.3 Å². The van der Waals surface area contributed by atoms with Crippen molar-refractivity contribution < 1.29 is 4.79 Å². The standard InChI is InChI=1S/C14H20N2OS/c15-13(12-5-2-1-3-6-12)11-14(17)16-7-4-9-18-10-8-16/h1-3,5-6,13H,4,7-11,15H2. The van der Waals surface area contributed by atoms with Crippen LogP contribution < -0.4 is 5.73 Å². The number of carbonyl (C=O) groups excluding carboxylic acids is 1. The van der Waals surface area contributed by atoms with Gasteiger partial charge in [0.15, 0.2) is 0 Å². The minimum absolute atomic E-state index is 0.186. The van der Waals surface area contributed by atoms with Gasteiger partial charge in [0.25, 0.3) is 0 Å². The SMILES string of the molecule is NC(CC(=O)N1CCCSCC1)c1ccccc1. The lowest BCUT2D eigenvalue weighted by Gasteiger charge is -2.22. The molecule has 98 valence electrons. The summed E-state index contributed by atoms with van der Waals surface area (Å²) in [5.41, 5.74) is 7.13. The predicted octanol–water partition coefficient (Wildman–Crippen LogP) is 2.04. The molecule has 1 atom stereocenters. The smallest absolute Gasteiger partial charge is 0.224 e. The van der Waals surface area contributed by atoms with Gasteiger partial charge in [0.05, 0.1) is 0 Å². The van der Waals surface area contributed by atoms with Crippen LogP contribution in [0.3, 0.4) is 0 Å². The first kappa shape index (κ1) is 13.4. The molecule has 2 rings (SSSR count). The minimum atomic E-state index is -0.186. The Morgan fingerprint density at radius 2 is 2.06 bits per heavy atom. The fourth-order valence-electron chi connectivity index (χ4n) is 2.13. The van der Waals surface area contributed by atoms with Crippen molar-refractivity contribution in [2.24, 2.45) is 5.73 Å². The molecule has 1 heterocycles. The fraction of sp³-hybridized carbons (Fsp3) is 0.500. The Morgan fingerprint density at radius 1 is 1.28 bits per heavy atom. The molecule has 2 N–H and O–H groups in total. The summed E-state index contributed by atoms with van der Waals surface area (Å²) < 4.78 is 0. The number of hydrogen-bond donors (Lipinski definition) is 1. The van der Waals surface area contributed by atoms with Gasteiger partial charge in [-0.25, -0.2) is 0 Å². The average Bonchev–Trinajstić information content (AvgIpc) is 2.68. The largest absolute Gasteiger partial charge is 0.342 e. The second-order valence-corrected chi connectivity index (χ2v) is 5.79. The van der Waals surface area contributed by atoms with Gasteiger partial charge in [0, 0.05) is 31.3 Å². The van der Waals surface area contributed by atoms with E-state index in [-0.39, 0.29) is 11.9 Å². The summed E-state index contributed by atoms with van der Waals surface area (Å²) in [6.45, 7) is 1.75. The Kier molecular flexibility index (Phi) is 5.08. The number of nitrogens with two attached hydrogens (primary N) is 1. The van der Waals surface area contributed by atoms with E-state index in [1.165, 1.54) is 0 Å². The molecule has 0 spiro atoms. The zero-order chi connectivity index (χ0) is 12.8. The first-order valence-electron chi connectivity index (χ1n) is 6.43. The number of hydrogen-bond acceptors (Lipinski definition) is 3. The van der Waals surface area contributed by atoms with Crippen molar-refractivity contribution >= 4 is 17.7 Å². The van der Waals surface area contributed by atoms with E-state index in [1.807, 2.05) is 47.0 Å². The molecule has 0 aromatic heterocycles. The molecule has 0 aliphatic carbocycles. The number of rotatable bonds is 3. The molecule has 1 aromatic carbocycles. The van der Waals surface area contributed by atoms with Crippen LogP contribution in [0, 0.1) is 0 Å². The van der Waals surface area contributed by atoms with Crippen LogP contribution in [0.5, 0.6) is 0 Å². The van der Waals surface area contributed by atoms with Crippen molar-refractivity contribution in [3.05, 3.63) is 35.9 Å². The number of nitrogens with zero attached hydrogens (tertiary/aromatic N) is 1. The number of amides is 1. The van der Waals surface area contributed by atoms with Crippen LogP contribution in [-0.4, -0.2) is 35.4 Å². The summed E-state index contributed by atoms with van der Waals surface area (Å²) in [5, 5.41) is 0. The van der Waals surface area contributed by atoms with E-state index in [0.29, 0.717) is 6.42 Å². The monoisotopic (exact) mass is 264 g/mol. The molecule has 1 saturated heterocycles. The van der Waals surface area contributed by atoms with Crippen molar-refractivity contribution in [3.8, 4) is 0 Å². The molecule has 4 heteroatoms. The second-order valence-electron chi connectivity index (χ2n) is 4.57. The van der Waals surface area contributed by atoms with Crippen molar-refractivity contribution in [1.29, 1.82) is 0 Å². The maximum absolute atomic E-state index is 12.2. The van der Waals surface area contributed by atoms with Crippen LogP contribution in [0.15, 0.2) is 30.3 Å². The minimum Gasteiger partial charge on any atom is -0.342 e. The zero-order valence-corrected chi connectivity index (χ0v) is 11.4. The normalized spacial score (nSPS) is 18.2. The van der Waals surface area contributed by atoms with Gasteiger partial charge in [-0.2, -0.15) is 11.8 Å². The van der Waals surface area contributed by atoms with E-state index in [0.717, 1.165) is 36.6 Å². The maximum Gasteiger partial charge on any atom is 0.224 e. The summed E-state index contributed by atoms with van der Waals surface area (Å²) in [6.07, 6.45) is 1.51. The summed E-state index contributed by atoms with van der Waals surface area (Å²) in [5.74, 6) is 2.40. The van der Waals surface area contributed by atoms with Crippen LogP contribution in [0.25, 0.3) is 0 Å². The van der Waals surface area contributed by atoms with Crippen LogP contribution in [0.4, 0.5) is 0 Å². The first-order valence-corrected chi connectivity index (χ1v) is 7.59. The summed E-state index contributed by atoms with van der Waals surface area (Å²) in [7, 11) is 0. The third-order valence-electron chi connectivity index (χ3n) is 3.20. The molecule has 1 unspecified atom stereocenters. The van der Waals surface area contributed by atoms with Gasteiger partial charge in [0.1, 0.15) is 0 Å². The van der Waals surface area contributed by atoms with Crippen molar-refractivity contribution in [1.82, 2.24) is 4.90 Å². The van der Waals surface area contributed by atoms with E-state index in [2.05, 4.69) is 0 Å². The van der Waals surface area contributed by atoms with Crippen LogP contribution in [0.2, 0.25) is 0 Å². The van der Waals surface area contributed by atoms with Crippen molar-refractivity contribution in [2.75, 3.05) is 24.6 Å². The summed E-state index contributed by atoms with van der Waals surface area (Å²) in [6, 6.07) is 9.66. The van der Waals surface area contributed by atoms with Crippen molar-refractivity contribution in [2.45, 2.75) is 18.9 Å². The van der Waals surface area contributed by atoms with Gasteiger partial charge in [-0.15, -0.1) is 0 Å². The van der Waals surface area contributed by atoms with Gasteiger partial charge in [0.2, 0.25) is 5.91 Å². The average molecular weight is 264 g/mol. The highest BCUT2D eigenvalue weighted by Gasteiger charge is 2.18. The van der Waals surface area contributed by atoms with Gasteiger partial charge in [-0.05, 0) is 17.7 Å². The fourth-order valence-corrected chi connectivity index (χ4v) is 3.02. The maximum atomic E-state index is 12.2. The molecule has 1 aliphatic rings. The lowest BCUT2D eigenvalue weighted by molar-refractivity contribution is -0.131. The molecular weight excluding hydrogens is 244 g/mol. The lowest BCUT2D eigenvalue weighted by Crippen LogP contribution is -2.34. The van der Waals surface area contributed by atoms with Crippen LogP contribution in [-0.2, 0) is 4.79 Å². The quantitative estimate of drug-likeness (QED) is 0.909. The van der Waals surface area contributed by atoms with Crippen molar-refractivity contribution in [3.63, 3.8) is 0 Å². The lowest BCUT2D eigenvalue weighted by atomic mass is 10.0. The molecule has 0 radical (unpaired) electrons. The van der Waals surface area contributed by atoms with Gasteiger partial charge >= 0.3 is 0 Å². The van der Waals surface area contributed by atoms with E-state index in [4.69, 9.17) is 5.73 Å². The molecule has 1 aliphatic heterocycles. The number of carbonyl (C=O) groups is 1. The molecule has 1 fully saturated rings. The van der Waals surface area contributed by atoms with Crippen LogP contribution >= 0.6 is 11.8 Å². The molecule has 1 aromatic rings. The molecular formula is C14H20N2OS. The highest BCUT2D eigenvalue weighted by Crippen LogP contribution is 2.17. The molecule has 1 amide bonds. The second kappa shape index (κ2) is 6.81. The third-order valence-corrected chi connectivity index (χ3v) is 4.25. The Morgan fingerprint density at radius 3 is 2.83 bits per heavy atom. The number of thioether (sulfide) groups is 1. The van der Waals surface area contributed by atoms with Crippen LogP contribution in [0.1, 0.15) is 24.4 Å². The Balaban J connectivity index is 1.90. The highest BCUT2D eigenvalue weighted by atomic mass is 32.2. The van der Waals surface area contributed by atoms with E-state index >= 15 is 0 Å². The van der Waals surface area contributed by atoms with Gasteiger partial charge in [-0.3, -0.25) is 4.79 Å². The van der Waals surface area contributed by atoms with E-state index < -0.39 is 0 Å². The molecule has 0 bridgehead atoms. The summed E-state index contributed by atoms with van der Waals surface area (Å²) >= 11 is 1.93. The summed E-state index contributed by atoms with van der Waals surface area (Å²) in [4.78, 5) is 14.1. The predicted molar refractivity (Wildman–Crippen MR) is 76.5 cm³/mol. The molecule has 18 heavy (non-hydrogen) atoms. The highest BCUT2D eigenvalue weighted by molar-refractivity contribution is 7.99. The van der Waals surface area contributed by atoms with E-state index in [1.54, 1.807) is 0 Å². The Bertz CT molecular complexity index is 375. The van der Waals surface area contributed by atoms with Gasteiger partial charge in [-0.1, -0.05) is 30.3 Å². The Hall–Kier alpha value is -1.00. The zero-order valence-electron chi connectivity index (χ0n) is 10.5. The van der Waals surface area contributed by atoms with Gasteiger partial charge < -0.3 is 10.6 Å². The first-order chi connectivity index (χ1) is 8.77. The molecule has 0 saturated carbocycles. The van der Waals surface area contributed by atoms with E-state index in [9.17, 15) is 4.79 Å². The molecule has 3 nitrogen and oxygen atoms in total.